The number of benzene rings is 1. The summed E-state index contributed by atoms with van der Waals surface area (Å²) in [7, 11) is 3.04. The summed E-state index contributed by atoms with van der Waals surface area (Å²) in [5.41, 5.74) is 1.42. The number of methoxy groups -OCH3 is 2. The number of nitrogens with one attached hydrogen (secondary N) is 2. The van der Waals surface area contributed by atoms with Crippen LogP contribution in [0.25, 0.3) is 0 Å². The Labute approximate surface area is 141 Å². The Bertz CT molecular complexity index is 669. The first-order valence-corrected chi connectivity index (χ1v) is 7.69. The molecule has 130 valence electrons. The molecule has 1 atom stereocenters. The van der Waals surface area contributed by atoms with Gasteiger partial charge < -0.3 is 24.8 Å². The van der Waals surface area contributed by atoms with Crippen LogP contribution in [0, 0.1) is 0 Å². The lowest BCUT2D eigenvalue weighted by atomic mass is 9.94. The number of carbonyl (C=O) groups is 2. The topological polar surface area (TPSA) is 85.9 Å². The first-order valence-electron chi connectivity index (χ1n) is 7.69. The van der Waals surface area contributed by atoms with E-state index in [-0.39, 0.29) is 0 Å². The maximum Gasteiger partial charge on any atom is 0.338 e. The van der Waals surface area contributed by atoms with E-state index in [1.165, 1.54) is 14.2 Å². The van der Waals surface area contributed by atoms with Crippen molar-refractivity contribution in [3.05, 3.63) is 35.0 Å². The van der Waals surface area contributed by atoms with Gasteiger partial charge in [-0.15, -0.1) is 0 Å². The molecule has 24 heavy (non-hydrogen) atoms. The summed E-state index contributed by atoms with van der Waals surface area (Å²) in [6, 6.07) is 4.21. The third-order valence-electron chi connectivity index (χ3n) is 3.67. The molecule has 1 heterocycles. The Morgan fingerprint density at radius 2 is 2.00 bits per heavy atom. The number of hydrogen-bond donors (Lipinski definition) is 2. The number of ether oxygens (including phenoxy) is 3. The fraction of sp³-hybridized carbons (Fsp3) is 0.412. The standard InChI is InChI=1S/C17H22N2O5/c1-5-9-24-16(20)13-10(2)18-17(21)19-14(13)11-7-6-8-12(22-3)15(11)23-4/h6-8,14H,5,9H2,1-4H3,(H2,18,19,21)/t14-/m1/s1. The Hall–Kier alpha value is -2.70. The van der Waals surface area contributed by atoms with Gasteiger partial charge >= 0.3 is 12.0 Å². The molecule has 1 aliphatic rings. The number of hydrogen-bond acceptors (Lipinski definition) is 5. The van der Waals surface area contributed by atoms with E-state index in [0.29, 0.717) is 41.4 Å². The predicted octanol–water partition coefficient (Wildman–Crippen LogP) is 2.28. The van der Waals surface area contributed by atoms with Crippen molar-refractivity contribution in [3.8, 4) is 11.5 Å². The van der Waals surface area contributed by atoms with E-state index >= 15 is 0 Å². The molecule has 7 heteroatoms. The highest BCUT2D eigenvalue weighted by Gasteiger charge is 2.34. The zero-order valence-corrected chi connectivity index (χ0v) is 14.3. The molecule has 0 radical (unpaired) electrons. The first-order chi connectivity index (χ1) is 11.5. The fourth-order valence-corrected chi connectivity index (χ4v) is 2.61. The molecule has 2 rings (SSSR count). The summed E-state index contributed by atoms with van der Waals surface area (Å²) in [5.74, 6) is 0.499. The zero-order chi connectivity index (χ0) is 17.7. The van der Waals surface area contributed by atoms with Crippen LogP contribution < -0.4 is 20.1 Å². The molecule has 0 aliphatic carbocycles. The first kappa shape index (κ1) is 17.7. The molecule has 0 fully saturated rings. The summed E-state index contributed by atoms with van der Waals surface area (Å²) in [5, 5.41) is 5.36. The Morgan fingerprint density at radius 1 is 1.25 bits per heavy atom. The van der Waals surface area contributed by atoms with Crippen molar-refractivity contribution in [1.82, 2.24) is 10.6 Å². The highest BCUT2D eigenvalue weighted by Crippen LogP contribution is 2.38. The van der Waals surface area contributed by atoms with Gasteiger partial charge in [0, 0.05) is 11.3 Å². The number of amides is 2. The van der Waals surface area contributed by atoms with Crippen LogP contribution in [0.3, 0.4) is 0 Å². The van der Waals surface area contributed by atoms with E-state index in [9.17, 15) is 9.59 Å². The van der Waals surface area contributed by atoms with E-state index in [0.717, 1.165) is 0 Å². The van der Waals surface area contributed by atoms with Crippen molar-refractivity contribution in [2.24, 2.45) is 0 Å². The largest absolute Gasteiger partial charge is 0.493 e. The lowest BCUT2D eigenvalue weighted by Crippen LogP contribution is -2.45. The second-order valence-electron chi connectivity index (χ2n) is 5.29. The number of carbonyl (C=O) groups excluding carboxylic acids is 2. The van der Waals surface area contributed by atoms with Crippen LogP contribution in [0.5, 0.6) is 11.5 Å². The molecule has 0 saturated carbocycles. The molecule has 0 spiro atoms. The van der Waals surface area contributed by atoms with Gasteiger partial charge in [-0.1, -0.05) is 19.1 Å². The minimum atomic E-state index is -0.687. The minimum Gasteiger partial charge on any atom is -0.493 e. The van der Waals surface area contributed by atoms with Gasteiger partial charge in [-0.05, 0) is 19.4 Å². The third kappa shape index (κ3) is 3.45. The van der Waals surface area contributed by atoms with E-state index in [1.807, 2.05) is 6.92 Å². The molecular formula is C17H22N2O5. The Morgan fingerprint density at radius 3 is 2.62 bits per heavy atom. The van der Waals surface area contributed by atoms with Crippen molar-refractivity contribution in [1.29, 1.82) is 0 Å². The molecule has 0 unspecified atom stereocenters. The van der Waals surface area contributed by atoms with Crippen molar-refractivity contribution >= 4 is 12.0 Å². The van der Waals surface area contributed by atoms with Gasteiger partial charge in [0.2, 0.25) is 0 Å². The van der Waals surface area contributed by atoms with E-state index in [2.05, 4.69) is 10.6 Å². The van der Waals surface area contributed by atoms with Gasteiger partial charge in [-0.3, -0.25) is 0 Å². The van der Waals surface area contributed by atoms with Gasteiger partial charge in [-0.2, -0.15) is 0 Å². The molecule has 2 N–H and O–H groups in total. The lowest BCUT2D eigenvalue weighted by molar-refractivity contribution is -0.139. The molecule has 7 nitrogen and oxygen atoms in total. The molecule has 1 aromatic carbocycles. The van der Waals surface area contributed by atoms with E-state index < -0.39 is 18.0 Å². The number of rotatable bonds is 6. The molecular weight excluding hydrogens is 312 g/mol. The molecule has 1 aromatic rings. The molecule has 1 aliphatic heterocycles. The Balaban J connectivity index is 2.51. The van der Waals surface area contributed by atoms with Crippen LogP contribution in [-0.4, -0.2) is 32.8 Å². The van der Waals surface area contributed by atoms with Crippen molar-refractivity contribution in [3.63, 3.8) is 0 Å². The lowest BCUT2D eigenvalue weighted by Gasteiger charge is -2.29. The minimum absolute atomic E-state index is 0.311. The van der Waals surface area contributed by atoms with Gasteiger partial charge in [0.25, 0.3) is 0 Å². The average molecular weight is 334 g/mol. The zero-order valence-electron chi connectivity index (χ0n) is 14.3. The predicted molar refractivity (Wildman–Crippen MR) is 87.9 cm³/mol. The highest BCUT2D eigenvalue weighted by atomic mass is 16.5. The second kappa shape index (κ2) is 7.72. The summed E-state index contributed by atoms with van der Waals surface area (Å²) in [4.78, 5) is 24.4. The van der Waals surface area contributed by atoms with Gasteiger partial charge in [0.05, 0.1) is 32.4 Å². The molecule has 0 bridgehead atoms. The van der Waals surface area contributed by atoms with Gasteiger partial charge in [0.15, 0.2) is 11.5 Å². The average Bonchev–Trinajstić information content (AvgIpc) is 2.58. The summed E-state index contributed by atoms with van der Waals surface area (Å²) >= 11 is 0. The van der Waals surface area contributed by atoms with Gasteiger partial charge in [-0.25, -0.2) is 9.59 Å². The SMILES string of the molecule is CCCOC(=O)C1=C(C)NC(=O)N[C@@H]1c1cccc(OC)c1OC. The second-order valence-corrected chi connectivity index (χ2v) is 5.29. The molecule has 0 saturated heterocycles. The number of esters is 1. The van der Waals surface area contributed by atoms with Crippen molar-refractivity contribution in [2.75, 3.05) is 20.8 Å². The summed E-state index contributed by atoms with van der Waals surface area (Å²) in [6.45, 7) is 3.89. The van der Waals surface area contributed by atoms with Crippen molar-refractivity contribution in [2.45, 2.75) is 26.3 Å². The fourth-order valence-electron chi connectivity index (χ4n) is 2.61. The summed E-state index contributed by atoms with van der Waals surface area (Å²) < 4.78 is 16.0. The van der Waals surface area contributed by atoms with Crippen LogP contribution in [0.2, 0.25) is 0 Å². The van der Waals surface area contributed by atoms with Crippen LogP contribution >= 0.6 is 0 Å². The monoisotopic (exact) mass is 334 g/mol. The molecule has 2 amide bonds. The van der Waals surface area contributed by atoms with E-state index in [4.69, 9.17) is 14.2 Å². The number of urea groups is 1. The van der Waals surface area contributed by atoms with Crippen molar-refractivity contribution < 1.29 is 23.8 Å². The van der Waals surface area contributed by atoms with Crippen LogP contribution in [0.15, 0.2) is 29.5 Å². The van der Waals surface area contributed by atoms with Crippen LogP contribution in [0.1, 0.15) is 31.9 Å². The normalized spacial score (nSPS) is 17.0. The molecule has 0 aromatic heterocycles. The maximum absolute atomic E-state index is 12.5. The Kier molecular flexibility index (Phi) is 5.68. The van der Waals surface area contributed by atoms with Gasteiger partial charge in [0.1, 0.15) is 0 Å². The summed E-state index contributed by atoms with van der Waals surface area (Å²) in [6.07, 6.45) is 0.713. The van der Waals surface area contributed by atoms with Crippen LogP contribution in [-0.2, 0) is 9.53 Å². The highest BCUT2D eigenvalue weighted by molar-refractivity contribution is 5.95. The quantitative estimate of drug-likeness (QED) is 0.780. The maximum atomic E-state index is 12.5. The van der Waals surface area contributed by atoms with E-state index in [1.54, 1.807) is 25.1 Å². The van der Waals surface area contributed by atoms with Crippen LogP contribution in [0.4, 0.5) is 4.79 Å². The number of para-hydroxylation sites is 1. The number of allylic oxidation sites excluding steroid dienone is 1. The smallest absolute Gasteiger partial charge is 0.338 e. The third-order valence-corrected chi connectivity index (χ3v) is 3.67.